The minimum Gasteiger partial charge on any atom is -0.467 e. The summed E-state index contributed by atoms with van der Waals surface area (Å²) >= 11 is 5.94. The topological polar surface area (TPSA) is 38.8 Å². The van der Waals surface area contributed by atoms with Crippen LogP contribution in [0.5, 0.6) is 0 Å². The van der Waals surface area contributed by atoms with E-state index >= 15 is 0 Å². The van der Waals surface area contributed by atoms with Gasteiger partial charge < -0.3 is 9.47 Å². The molecule has 2 rings (SSSR count). The fraction of sp³-hybridized carbons (Fsp3) is 0.300. The highest BCUT2D eigenvalue weighted by Gasteiger charge is 2.47. The van der Waals surface area contributed by atoms with Crippen LogP contribution in [-0.4, -0.2) is 19.2 Å². The average molecular weight is 213 g/mol. The molecule has 1 saturated heterocycles. The smallest absolute Gasteiger partial charge is 0.338 e. The Morgan fingerprint density at radius 3 is 2.86 bits per heavy atom. The monoisotopic (exact) mass is 212 g/mol. The van der Waals surface area contributed by atoms with E-state index in [4.69, 9.17) is 16.3 Å². The van der Waals surface area contributed by atoms with Crippen LogP contribution in [0.4, 0.5) is 0 Å². The summed E-state index contributed by atoms with van der Waals surface area (Å²) in [4.78, 5) is 11.1. The van der Waals surface area contributed by atoms with Gasteiger partial charge in [-0.15, -0.1) is 0 Å². The van der Waals surface area contributed by atoms with Gasteiger partial charge in [0, 0.05) is 10.6 Å². The summed E-state index contributed by atoms with van der Waals surface area (Å²) in [6.07, 6.45) is -0.726. The number of halogens is 1. The maximum absolute atomic E-state index is 11.1. The van der Waals surface area contributed by atoms with E-state index in [1.807, 2.05) is 18.2 Å². The third kappa shape index (κ3) is 1.61. The van der Waals surface area contributed by atoms with Crippen LogP contribution in [0.2, 0.25) is 5.02 Å². The lowest BCUT2D eigenvalue weighted by Crippen LogP contribution is -2.09. The van der Waals surface area contributed by atoms with Crippen LogP contribution < -0.4 is 0 Å². The van der Waals surface area contributed by atoms with Gasteiger partial charge in [-0.1, -0.05) is 29.8 Å². The van der Waals surface area contributed by atoms with Crippen molar-refractivity contribution in [3.8, 4) is 0 Å². The van der Waals surface area contributed by atoms with Crippen LogP contribution in [0.1, 0.15) is 11.7 Å². The van der Waals surface area contributed by atoms with Crippen LogP contribution >= 0.6 is 11.6 Å². The Hall–Kier alpha value is -1.06. The number of carbonyl (C=O) groups excluding carboxylic acids is 1. The van der Waals surface area contributed by atoms with E-state index < -0.39 is 6.10 Å². The number of hydrogen-bond acceptors (Lipinski definition) is 3. The number of epoxide rings is 1. The number of hydrogen-bond donors (Lipinski definition) is 0. The molecule has 0 radical (unpaired) electrons. The number of ether oxygens (including phenoxy) is 2. The van der Waals surface area contributed by atoms with Crippen molar-refractivity contribution in [1.82, 2.24) is 0 Å². The van der Waals surface area contributed by atoms with E-state index in [1.165, 1.54) is 7.11 Å². The van der Waals surface area contributed by atoms with Crippen molar-refractivity contribution in [2.45, 2.75) is 12.2 Å². The molecule has 0 amide bonds. The zero-order chi connectivity index (χ0) is 10.1. The quantitative estimate of drug-likeness (QED) is 0.556. The second-order valence-corrected chi connectivity index (χ2v) is 3.43. The summed E-state index contributed by atoms with van der Waals surface area (Å²) in [6, 6.07) is 7.31. The first kappa shape index (κ1) is 9.49. The zero-order valence-corrected chi connectivity index (χ0v) is 8.32. The molecule has 0 unspecified atom stereocenters. The lowest BCUT2D eigenvalue weighted by Gasteiger charge is -1.98. The van der Waals surface area contributed by atoms with Crippen molar-refractivity contribution in [3.63, 3.8) is 0 Å². The highest BCUT2D eigenvalue weighted by atomic mass is 35.5. The van der Waals surface area contributed by atoms with Crippen molar-refractivity contribution < 1.29 is 14.3 Å². The van der Waals surface area contributed by atoms with E-state index in [0.29, 0.717) is 5.02 Å². The minimum atomic E-state index is -0.486. The minimum absolute atomic E-state index is 0.240. The summed E-state index contributed by atoms with van der Waals surface area (Å²) in [5.74, 6) is -0.352. The summed E-state index contributed by atoms with van der Waals surface area (Å²) in [5, 5.41) is 0.615. The summed E-state index contributed by atoms with van der Waals surface area (Å²) in [5.41, 5.74) is 0.838. The van der Waals surface area contributed by atoms with Crippen molar-refractivity contribution in [1.29, 1.82) is 0 Å². The van der Waals surface area contributed by atoms with Gasteiger partial charge in [0.25, 0.3) is 0 Å². The number of benzene rings is 1. The summed E-state index contributed by atoms with van der Waals surface area (Å²) < 4.78 is 9.74. The Balaban J connectivity index is 2.13. The first-order valence-electron chi connectivity index (χ1n) is 4.21. The molecule has 4 heteroatoms. The molecule has 2 atom stereocenters. The van der Waals surface area contributed by atoms with Crippen LogP contribution in [0, 0.1) is 0 Å². The summed E-state index contributed by atoms with van der Waals surface area (Å²) in [6.45, 7) is 0. The maximum Gasteiger partial charge on any atom is 0.338 e. The molecule has 1 aliphatic rings. The predicted octanol–water partition coefficient (Wildman–Crippen LogP) is 1.95. The van der Waals surface area contributed by atoms with Gasteiger partial charge in [0.15, 0.2) is 6.10 Å². The third-order valence-electron chi connectivity index (χ3n) is 2.14. The van der Waals surface area contributed by atoms with Crippen molar-refractivity contribution >= 4 is 17.6 Å². The van der Waals surface area contributed by atoms with Gasteiger partial charge in [0.1, 0.15) is 6.10 Å². The fourth-order valence-corrected chi connectivity index (χ4v) is 1.59. The summed E-state index contributed by atoms with van der Waals surface area (Å²) in [7, 11) is 1.34. The fourth-order valence-electron chi connectivity index (χ4n) is 1.35. The second-order valence-electron chi connectivity index (χ2n) is 3.02. The molecule has 0 aliphatic carbocycles. The number of rotatable bonds is 2. The van der Waals surface area contributed by atoms with Gasteiger partial charge in [-0.3, -0.25) is 0 Å². The van der Waals surface area contributed by atoms with Gasteiger partial charge in [-0.25, -0.2) is 4.79 Å². The largest absolute Gasteiger partial charge is 0.467 e. The maximum atomic E-state index is 11.1. The van der Waals surface area contributed by atoms with E-state index in [0.717, 1.165) is 5.56 Å². The molecule has 0 spiro atoms. The first-order chi connectivity index (χ1) is 6.74. The number of carbonyl (C=O) groups is 1. The standard InChI is InChI=1S/C10H9ClO3/c1-13-10(12)9-8(14-9)6-4-2-3-5-7(6)11/h2-5,8-9H,1H3/t8-,9-/m1/s1. The van der Waals surface area contributed by atoms with Gasteiger partial charge in [0.2, 0.25) is 0 Å². The highest BCUT2D eigenvalue weighted by Crippen LogP contribution is 2.42. The number of esters is 1. The molecule has 1 aliphatic heterocycles. The predicted molar refractivity (Wildman–Crippen MR) is 51.1 cm³/mol. The SMILES string of the molecule is COC(=O)[C@@H]1O[C@@H]1c1ccccc1Cl. The van der Waals surface area contributed by atoms with Crippen LogP contribution in [-0.2, 0) is 14.3 Å². The average Bonchev–Trinajstić information content (AvgIpc) is 2.97. The molecule has 1 aromatic rings. The Labute approximate surface area is 86.6 Å². The van der Waals surface area contributed by atoms with E-state index in [-0.39, 0.29) is 12.1 Å². The molecule has 3 nitrogen and oxygen atoms in total. The second kappa shape index (κ2) is 3.59. The van der Waals surface area contributed by atoms with Gasteiger partial charge >= 0.3 is 5.97 Å². The molecule has 14 heavy (non-hydrogen) atoms. The Bertz CT molecular complexity index is 364. The van der Waals surface area contributed by atoms with E-state index in [9.17, 15) is 4.79 Å². The van der Waals surface area contributed by atoms with Crippen LogP contribution in [0.3, 0.4) is 0 Å². The molecule has 74 valence electrons. The van der Waals surface area contributed by atoms with E-state index in [2.05, 4.69) is 4.74 Å². The molecule has 0 N–H and O–H groups in total. The normalized spacial score (nSPS) is 24.4. The first-order valence-corrected chi connectivity index (χ1v) is 4.59. The molecule has 0 bridgehead atoms. The molecule has 1 aromatic carbocycles. The van der Waals surface area contributed by atoms with Gasteiger partial charge in [-0.05, 0) is 6.07 Å². The van der Waals surface area contributed by atoms with Crippen LogP contribution in [0.25, 0.3) is 0 Å². The van der Waals surface area contributed by atoms with Gasteiger partial charge in [-0.2, -0.15) is 0 Å². The Kier molecular flexibility index (Phi) is 2.44. The highest BCUT2D eigenvalue weighted by molar-refractivity contribution is 6.31. The Morgan fingerprint density at radius 2 is 2.21 bits per heavy atom. The molecule has 0 saturated carbocycles. The van der Waals surface area contributed by atoms with Gasteiger partial charge in [0.05, 0.1) is 7.11 Å². The lowest BCUT2D eigenvalue weighted by atomic mass is 10.1. The van der Waals surface area contributed by atoms with E-state index in [1.54, 1.807) is 6.07 Å². The molecular formula is C10H9ClO3. The zero-order valence-electron chi connectivity index (χ0n) is 7.57. The number of methoxy groups -OCH3 is 1. The Morgan fingerprint density at radius 1 is 1.50 bits per heavy atom. The lowest BCUT2D eigenvalue weighted by molar-refractivity contribution is -0.142. The van der Waals surface area contributed by atoms with Crippen molar-refractivity contribution in [2.24, 2.45) is 0 Å². The van der Waals surface area contributed by atoms with Crippen molar-refractivity contribution in [3.05, 3.63) is 34.9 Å². The molecular weight excluding hydrogens is 204 g/mol. The van der Waals surface area contributed by atoms with Crippen molar-refractivity contribution in [2.75, 3.05) is 7.11 Å². The third-order valence-corrected chi connectivity index (χ3v) is 2.48. The molecule has 1 fully saturated rings. The van der Waals surface area contributed by atoms with Crippen LogP contribution in [0.15, 0.2) is 24.3 Å². The molecule has 1 heterocycles. The molecule has 0 aromatic heterocycles.